The van der Waals surface area contributed by atoms with E-state index in [1.54, 1.807) is 0 Å². The normalized spacial score (nSPS) is 18.7. The smallest absolute Gasteiger partial charge is 0.236 e. The average Bonchev–Trinajstić information content (AvgIpc) is 2.35. The van der Waals surface area contributed by atoms with Gasteiger partial charge in [0, 0.05) is 25.8 Å². The SMILES string of the molecule is CCCN(C(=O)C1(C(N)=S)CCOCC1)C(C)C. The first-order chi connectivity index (χ1) is 8.45. The molecule has 0 aromatic heterocycles. The Hall–Kier alpha value is -0.680. The molecule has 0 saturated carbocycles. The highest BCUT2D eigenvalue weighted by atomic mass is 32.1. The number of ether oxygens (including phenoxy) is 1. The van der Waals surface area contributed by atoms with Crippen LogP contribution in [-0.2, 0) is 9.53 Å². The third-order valence-electron chi connectivity index (χ3n) is 3.58. The van der Waals surface area contributed by atoms with E-state index in [0.29, 0.717) is 31.0 Å². The van der Waals surface area contributed by atoms with Gasteiger partial charge in [-0.1, -0.05) is 19.1 Å². The molecule has 0 aromatic rings. The molecule has 0 aliphatic carbocycles. The Morgan fingerprint density at radius 3 is 2.39 bits per heavy atom. The number of hydrogen-bond donors (Lipinski definition) is 1. The van der Waals surface area contributed by atoms with E-state index in [4.69, 9.17) is 22.7 Å². The second kappa shape index (κ2) is 6.48. The van der Waals surface area contributed by atoms with Crippen LogP contribution in [0.5, 0.6) is 0 Å². The summed E-state index contributed by atoms with van der Waals surface area (Å²) in [6.07, 6.45) is 2.15. The standard InChI is InChI=1S/C13H24N2O2S/c1-4-7-15(10(2)3)12(16)13(11(14)18)5-8-17-9-6-13/h10H,4-9H2,1-3H3,(H2,14,18). The minimum absolute atomic E-state index is 0.0788. The van der Waals surface area contributed by atoms with Crippen LogP contribution in [0.4, 0.5) is 0 Å². The molecule has 1 fully saturated rings. The molecule has 1 aliphatic rings. The van der Waals surface area contributed by atoms with Gasteiger partial charge in [-0.2, -0.15) is 0 Å². The third-order valence-corrected chi connectivity index (χ3v) is 3.97. The van der Waals surface area contributed by atoms with Crippen molar-refractivity contribution >= 4 is 23.1 Å². The summed E-state index contributed by atoms with van der Waals surface area (Å²) in [5.41, 5.74) is 5.18. The summed E-state index contributed by atoms with van der Waals surface area (Å²) >= 11 is 5.17. The zero-order chi connectivity index (χ0) is 13.8. The van der Waals surface area contributed by atoms with Gasteiger partial charge in [0.2, 0.25) is 5.91 Å². The zero-order valence-electron chi connectivity index (χ0n) is 11.6. The molecule has 1 rings (SSSR count). The van der Waals surface area contributed by atoms with Gasteiger partial charge in [-0.05, 0) is 33.1 Å². The van der Waals surface area contributed by atoms with Crippen molar-refractivity contribution in [2.45, 2.75) is 46.1 Å². The van der Waals surface area contributed by atoms with Crippen LogP contribution in [0.3, 0.4) is 0 Å². The first kappa shape index (κ1) is 15.4. The number of amides is 1. The number of carbonyl (C=O) groups is 1. The van der Waals surface area contributed by atoms with E-state index in [1.165, 1.54) is 0 Å². The van der Waals surface area contributed by atoms with Crippen molar-refractivity contribution in [3.05, 3.63) is 0 Å². The van der Waals surface area contributed by atoms with Gasteiger partial charge in [-0.3, -0.25) is 4.79 Å². The summed E-state index contributed by atoms with van der Waals surface area (Å²) in [6, 6.07) is 0.173. The minimum atomic E-state index is -0.687. The van der Waals surface area contributed by atoms with Crippen LogP contribution in [0.2, 0.25) is 0 Å². The largest absolute Gasteiger partial charge is 0.392 e. The molecule has 1 amide bonds. The van der Waals surface area contributed by atoms with Crippen molar-refractivity contribution in [3.8, 4) is 0 Å². The van der Waals surface area contributed by atoms with Gasteiger partial charge in [0.15, 0.2) is 0 Å². The molecule has 18 heavy (non-hydrogen) atoms. The summed E-state index contributed by atoms with van der Waals surface area (Å²) in [7, 11) is 0. The summed E-state index contributed by atoms with van der Waals surface area (Å²) in [6.45, 7) is 7.99. The van der Waals surface area contributed by atoms with Crippen molar-refractivity contribution in [2.75, 3.05) is 19.8 Å². The number of nitrogens with zero attached hydrogens (tertiary/aromatic N) is 1. The summed E-state index contributed by atoms with van der Waals surface area (Å²) in [4.78, 5) is 15.0. The Balaban J connectivity index is 2.97. The van der Waals surface area contributed by atoms with E-state index < -0.39 is 5.41 Å². The molecule has 2 N–H and O–H groups in total. The van der Waals surface area contributed by atoms with Gasteiger partial charge in [-0.25, -0.2) is 0 Å². The molecule has 1 heterocycles. The fraction of sp³-hybridized carbons (Fsp3) is 0.846. The molecule has 104 valence electrons. The van der Waals surface area contributed by atoms with E-state index in [2.05, 4.69) is 6.92 Å². The lowest BCUT2D eigenvalue weighted by Crippen LogP contribution is -2.55. The van der Waals surface area contributed by atoms with Crippen molar-refractivity contribution in [2.24, 2.45) is 11.1 Å². The molecule has 4 nitrogen and oxygen atoms in total. The Bertz CT molecular complexity index is 312. The van der Waals surface area contributed by atoms with E-state index in [0.717, 1.165) is 13.0 Å². The second-order valence-electron chi connectivity index (χ2n) is 5.15. The fourth-order valence-electron chi connectivity index (χ4n) is 2.40. The van der Waals surface area contributed by atoms with Crippen LogP contribution in [-0.4, -0.2) is 41.6 Å². The lowest BCUT2D eigenvalue weighted by molar-refractivity contribution is -0.144. The highest BCUT2D eigenvalue weighted by Gasteiger charge is 2.45. The maximum atomic E-state index is 12.8. The van der Waals surface area contributed by atoms with Crippen molar-refractivity contribution in [1.29, 1.82) is 0 Å². The second-order valence-corrected chi connectivity index (χ2v) is 5.59. The Morgan fingerprint density at radius 1 is 1.44 bits per heavy atom. The highest BCUT2D eigenvalue weighted by Crippen LogP contribution is 2.34. The first-order valence-electron chi connectivity index (χ1n) is 6.64. The van der Waals surface area contributed by atoms with Crippen LogP contribution in [0.25, 0.3) is 0 Å². The van der Waals surface area contributed by atoms with Crippen LogP contribution in [0.1, 0.15) is 40.0 Å². The maximum absolute atomic E-state index is 12.8. The summed E-state index contributed by atoms with van der Waals surface area (Å²) in [5.74, 6) is 0.0788. The van der Waals surface area contributed by atoms with E-state index in [1.807, 2.05) is 18.7 Å². The van der Waals surface area contributed by atoms with Gasteiger partial charge in [-0.15, -0.1) is 0 Å². The predicted octanol–water partition coefficient (Wildman–Crippen LogP) is 1.72. The lowest BCUT2D eigenvalue weighted by Gasteiger charge is -2.40. The lowest BCUT2D eigenvalue weighted by atomic mass is 9.78. The summed E-state index contributed by atoms with van der Waals surface area (Å²) < 4.78 is 5.34. The monoisotopic (exact) mass is 272 g/mol. The number of nitrogens with two attached hydrogens (primary N) is 1. The molecule has 0 spiro atoms. The Morgan fingerprint density at radius 2 is 2.00 bits per heavy atom. The molecule has 0 aromatic carbocycles. The number of carbonyl (C=O) groups excluding carboxylic acids is 1. The quantitative estimate of drug-likeness (QED) is 0.774. The molecule has 0 radical (unpaired) electrons. The van der Waals surface area contributed by atoms with E-state index in [-0.39, 0.29) is 11.9 Å². The maximum Gasteiger partial charge on any atom is 0.236 e. The number of rotatable bonds is 5. The van der Waals surface area contributed by atoms with Gasteiger partial charge in [0.25, 0.3) is 0 Å². The molecule has 5 heteroatoms. The first-order valence-corrected chi connectivity index (χ1v) is 7.05. The molecular weight excluding hydrogens is 248 g/mol. The molecular formula is C13H24N2O2S. The third kappa shape index (κ3) is 3.01. The van der Waals surface area contributed by atoms with Gasteiger partial charge in [0.1, 0.15) is 5.41 Å². The number of thiocarbonyl (C=S) groups is 1. The van der Waals surface area contributed by atoms with Gasteiger partial charge in [0.05, 0.1) is 4.99 Å². The average molecular weight is 272 g/mol. The Labute approximate surface area is 115 Å². The predicted molar refractivity (Wildman–Crippen MR) is 76.4 cm³/mol. The van der Waals surface area contributed by atoms with Crippen molar-refractivity contribution < 1.29 is 9.53 Å². The van der Waals surface area contributed by atoms with Crippen LogP contribution >= 0.6 is 12.2 Å². The zero-order valence-corrected chi connectivity index (χ0v) is 12.4. The van der Waals surface area contributed by atoms with Crippen molar-refractivity contribution in [3.63, 3.8) is 0 Å². The molecule has 0 bridgehead atoms. The Kier molecular flexibility index (Phi) is 5.53. The van der Waals surface area contributed by atoms with E-state index >= 15 is 0 Å². The van der Waals surface area contributed by atoms with Gasteiger partial charge >= 0.3 is 0 Å². The minimum Gasteiger partial charge on any atom is -0.392 e. The highest BCUT2D eigenvalue weighted by molar-refractivity contribution is 7.80. The van der Waals surface area contributed by atoms with Gasteiger partial charge < -0.3 is 15.4 Å². The fourth-order valence-corrected chi connectivity index (χ4v) is 2.69. The van der Waals surface area contributed by atoms with Crippen LogP contribution in [0, 0.1) is 5.41 Å². The van der Waals surface area contributed by atoms with Crippen molar-refractivity contribution in [1.82, 2.24) is 4.90 Å². The molecule has 0 atom stereocenters. The summed E-state index contributed by atoms with van der Waals surface area (Å²) in [5, 5.41) is 0. The van der Waals surface area contributed by atoms with Crippen LogP contribution in [0.15, 0.2) is 0 Å². The molecule has 1 aliphatic heterocycles. The number of hydrogen-bond acceptors (Lipinski definition) is 3. The topological polar surface area (TPSA) is 55.6 Å². The molecule has 1 saturated heterocycles. The molecule has 0 unspecified atom stereocenters. The van der Waals surface area contributed by atoms with Crippen LogP contribution < -0.4 is 5.73 Å². The van der Waals surface area contributed by atoms with E-state index in [9.17, 15) is 4.79 Å².